The van der Waals surface area contributed by atoms with Crippen molar-refractivity contribution in [1.82, 2.24) is 0 Å². The average Bonchev–Trinajstić information content (AvgIpc) is 3.32. The van der Waals surface area contributed by atoms with Crippen molar-refractivity contribution in [3.8, 4) is 23.7 Å². The van der Waals surface area contributed by atoms with E-state index in [9.17, 15) is 0 Å². The van der Waals surface area contributed by atoms with E-state index in [1.165, 1.54) is 28.0 Å². The van der Waals surface area contributed by atoms with Gasteiger partial charge in [0.05, 0.1) is 6.42 Å². The summed E-state index contributed by atoms with van der Waals surface area (Å²) in [6, 6.07) is 17.9. The predicted molar refractivity (Wildman–Crippen MR) is 174 cm³/mol. The van der Waals surface area contributed by atoms with Crippen LogP contribution in [-0.2, 0) is 6.42 Å². The van der Waals surface area contributed by atoms with Crippen LogP contribution in [0.5, 0.6) is 0 Å². The van der Waals surface area contributed by atoms with Crippen LogP contribution in [0.15, 0.2) is 127 Å². The molecule has 0 fully saturated rings. The molecule has 2 aromatic carbocycles. The van der Waals surface area contributed by atoms with Crippen molar-refractivity contribution >= 4 is 16.9 Å². The van der Waals surface area contributed by atoms with E-state index in [-0.39, 0.29) is 5.92 Å². The van der Waals surface area contributed by atoms with E-state index in [1.807, 2.05) is 19.1 Å². The first kappa shape index (κ1) is 28.5. The molecule has 1 nitrogen and oxygen atoms in total. The predicted octanol–water partition coefficient (Wildman–Crippen LogP) is 9.91. The quantitative estimate of drug-likeness (QED) is 0.342. The molecule has 2 aromatic rings. The Hall–Kier alpha value is -4.46. The Morgan fingerprint density at radius 2 is 1.65 bits per heavy atom. The summed E-state index contributed by atoms with van der Waals surface area (Å²) in [5, 5.41) is 0. The smallest absolute Gasteiger partial charge is 0.0706 e. The Balaban J connectivity index is 1.59. The van der Waals surface area contributed by atoms with Gasteiger partial charge in [-0.25, -0.2) is 0 Å². The van der Waals surface area contributed by atoms with Crippen LogP contribution in [0.3, 0.4) is 0 Å². The van der Waals surface area contributed by atoms with Gasteiger partial charge in [-0.1, -0.05) is 116 Å². The van der Waals surface area contributed by atoms with Crippen LogP contribution >= 0.6 is 0 Å². The summed E-state index contributed by atoms with van der Waals surface area (Å²) in [5.41, 5.74) is 8.48. The number of hydrogen-bond donors (Lipinski definition) is 0. The van der Waals surface area contributed by atoms with Crippen molar-refractivity contribution in [2.24, 2.45) is 11.8 Å². The number of benzene rings is 2. The Morgan fingerprint density at radius 1 is 0.925 bits per heavy atom. The second-order valence-corrected chi connectivity index (χ2v) is 10.3. The third kappa shape index (κ3) is 8.02. The minimum Gasteiger partial charge on any atom is -0.310 e. The van der Waals surface area contributed by atoms with Crippen molar-refractivity contribution in [1.29, 1.82) is 0 Å². The van der Waals surface area contributed by atoms with Crippen LogP contribution in [0.25, 0.3) is 5.57 Å². The Morgan fingerprint density at radius 3 is 2.40 bits per heavy atom. The minimum absolute atomic E-state index is 0.281. The molecule has 2 aliphatic rings. The van der Waals surface area contributed by atoms with E-state index >= 15 is 0 Å². The summed E-state index contributed by atoms with van der Waals surface area (Å²) in [6.45, 7) is 8.55. The molecule has 0 amide bonds. The van der Waals surface area contributed by atoms with Gasteiger partial charge in [0.25, 0.3) is 0 Å². The summed E-state index contributed by atoms with van der Waals surface area (Å²) in [6.07, 6.45) is 26.2. The first-order chi connectivity index (χ1) is 19.5. The second kappa shape index (κ2) is 14.6. The van der Waals surface area contributed by atoms with Gasteiger partial charge in [0, 0.05) is 23.0 Å². The van der Waals surface area contributed by atoms with Crippen LogP contribution in [0.2, 0.25) is 0 Å². The largest absolute Gasteiger partial charge is 0.310 e. The summed E-state index contributed by atoms with van der Waals surface area (Å²) in [4.78, 5) is 2.36. The van der Waals surface area contributed by atoms with Crippen LogP contribution in [0.1, 0.15) is 51.7 Å². The molecule has 0 saturated carbocycles. The van der Waals surface area contributed by atoms with Crippen molar-refractivity contribution in [3.63, 3.8) is 0 Å². The molecular formula is C39H39N. The SMILES string of the molecule is C/C=C\C#CCC#CC(C)Cc1ccc(N(C2=C(C)C=CCC=C2)c2ccc(C3=CC=CC(C)C=C3)cc2)cc1. The topological polar surface area (TPSA) is 3.24 Å². The van der Waals surface area contributed by atoms with Gasteiger partial charge in [-0.05, 0) is 91.3 Å². The number of allylic oxidation sites excluding steroid dienone is 13. The number of hydrogen-bond acceptors (Lipinski definition) is 1. The second-order valence-electron chi connectivity index (χ2n) is 10.3. The molecule has 200 valence electrons. The number of nitrogens with zero attached hydrogens (tertiary/aromatic N) is 1. The monoisotopic (exact) mass is 521 g/mol. The molecule has 0 N–H and O–H groups in total. The molecular weight excluding hydrogens is 482 g/mol. The minimum atomic E-state index is 0.281. The molecule has 40 heavy (non-hydrogen) atoms. The highest BCUT2D eigenvalue weighted by atomic mass is 15.1. The highest BCUT2D eigenvalue weighted by Crippen LogP contribution is 2.34. The Bertz CT molecular complexity index is 1490. The van der Waals surface area contributed by atoms with Gasteiger partial charge >= 0.3 is 0 Å². The average molecular weight is 522 g/mol. The molecule has 0 heterocycles. The van der Waals surface area contributed by atoms with Crippen molar-refractivity contribution in [2.75, 3.05) is 4.90 Å². The van der Waals surface area contributed by atoms with E-state index < -0.39 is 0 Å². The van der Waals surface area contributed by atoms with Gasteiger partial charge < -0.3 is 4.90 Å². The fraction of sp³-hybridized carbons (Fsp3) is 0.231. The molecule has 0 aliphatic heterocycles. The van der Waals surface area contributed by atoms with E-state index in [2.05, 4.69) is 153 Å². The lowest BCUT2D eigenvalue weighted by atomic mass is 10.0. The molecule has 0 radical (unpaired) electrons. The lowest BCUT2D eigenvalue weighted by Crippen LogP contribution is -2.16. The lowest BCUT2D eigenvalue weighted by Gasteiger charge is -2.28. The normalized spacial score (nSPS) is 16.9. The molecule has 1 heteroatoms. The molecule has 2 atom stereocenters. The van der Waals surface area contributed by atoms with Gasteiger partial charge in [0.15, 0.2) is 0 Å². The van der Waals surface area contributed by atoms with Gasteiger partial charge in [-0.15, -0.1) is 0 Å². The fourth-order valence-electron chi connectivity index (χ4n) is 4.75. The van der Waals surface area contributed by atoms with Crippen molar-refractivity contribution in [3.05, 3.63) is 138 Å². The van der Waals surface area contributed by atoms with Gasteiger partial charge in [-0.2, -0.15) is 0 Å². The highest BCUT2D eigenvalue weighted by molar-refractivity contribution is 5.78. The maximum Gasteiger partial charge on any atom is 0.0706 e. The summed E-state index contributed by atoms with van der Waals surface area (Å²) >= 11 is 0. The molecule has 0 bridgehead atoms. The van der Waals surface area contributed by atoms with Crippen LogP contribution in [0, 0.1) is 35.5 Å². The molecule has 0 saturated heterocycles. The standard InChI is InChI=1S/C39H39N/c1-5-6-7-8-9-11-15-32(3)30-34-21-26-37(27-22-34)40(39-19-13-10-12-17-33(39)4)38-28-24-36(25-29-38)35-18-14-16-31(2)20-23-35/h5-6,12-14,16-29,31-32H,9-10,30H2,1-4H3/b6-5-. The third-order valence-corrected chi connectivity index (χ3v) is 6.90. The lowest BCUT2D eigenvalue weighted by molar-refractivity contribution is 0.750. The van der Waals surface area contributed by atoms with Gasteiger partial charge in [-0.3, -0.25) is 0 Å². The zero-order chi connectivity index (χ0) is 28.2. The summed E-state index contributed by atoms with van der Waals surface area (Å²) in [7, 11) is 0. The van der Waals surface area contributed by atoms with Gasteiger partial charge in [0.1, 0.15) is 0 Å². The first-order valence-electron chi connectivity index (χ1n) is 14.2. The Labute approximate surface area is 241 Å². The van der Waals surface area contributed by atoms with E-state index in [0.29, 0.717) is 12.3 Å². The molecule has 4 rings (SSSR count). The fourth-order valence-corrected chi connectivity index (χ4v) is 4.75. The van der Waals surface area contributed by atoms with Crippen LogP contribution < -0.4 is 4.90 Å². The van der Waals surface area contributed by atoms with Crippen molar-refractivity contribution in [2.45, 2.75) is 47.0 Å². The summed E-state index contributed by atoms with van der Waals surface area (Å²) < 4.78 is 0. The van der Waals surface area contributed by atoms with E-state index in [0.717, 1.165) is 24.2 Å². The van der Waals surface area contributed by atoms with Crippen LogP contribution in [0.4, 0.5) is 11.4 Å². The molecule has 2 unspecified atom stereocenters. The van der Waals surface area contributed by atoms with E-state index in [1.54, 1.807) is 0 Å². The van der Waals surface area contributed by atoms with Crippen molar-refractivity contribution < 1.29 is 0 Å². The molecule has 2 aliphatic carbocycles. The highest BCUT2D eigenvalue weighted by Gasteiger charge is 2.16. The maximum atomic E-state index is 3.35. The summed E-state index contributed by atoms with van der Waals surface area (Å²) in [5.74, 6) is 13.3. The Kier molecular flexibility index (Phi) is 10.4. The number of rotatable bonds is 6. The zero-order valence-corrected chi connectivity index (χ0v) is 24.2. The molecule has 0 aromatic heterocycles. The first-order valence-corrected chi connectivity index (χ1v) is 14.2. The molecule has 0 spiro atoms. The third-order valence-electron chi connectivity index (χ3n) is 6.90. The number of anilines is 2. The van der Waals surface area contributed by atoms with E-state index in [4.69, 9.17) is 0 Å². The zero-order valence-electron chi connectivity index (χ0n) is 24.2. The van der Waals surface area contributed by atoms with Gasteiger partial charge in [0.2, 0.25) is 0 Å². The van der Waals surface area contributed by atoms with Crippen LogP contribution in [-0.4, -0.2) is 0 Å². The maximum absolute atomic E-state index is 3.35.